The number of alkyl halides is 1. The Bertz CT molecular complexity index is 232. The van der Waals surface area contributed by atoms with Crippen LogP contribution >= 0.6 is 38.9 Å². The Morgan fingerprint density at radius 2 is 2.36 bits per heavy atom. The molecule has 0 nitrogen and oxygen atoms in total. The first kappa shape index (κ1) is 9.56. The van der Waals surface area contributed by atoms with Crippen molar-refractivity contribution in [2.75, 3.05) is 5.33 Å². The maximum atomic E-state index is 6.04. The smallest absolute Gasteiger partial charge is 0.0574 e. The molecule has 0 spiro atoms. The van der Waals surface area contributed by atoms with Crippen molar-refractivity contribution in [3.8, 4) is 0 Å². The molecule has 0 bridgehead atoms. The summed E-state index contributed by atoms with van der Waals surface area (Å²) in [6.45, 7) is 2.05. The molecule has 3 heteroatoms. The van der Waals surface area contributed by atoms with Crippen LogP contribution in [0.15, 0.2) is 5.38 Å². The highest BCUT2D eigenvalue weighted by atomic mass is 79.9. The zero-order valence-corrected chi connectivity index (χ0v) is 9.52. The van der Waals surface area contributed by atoms with Gasteiger partial charge in [0.25, 0.3) is 0 Å². The van der Waals surface area contributed by atoms with E-state index in [0.29, 0.717) is 0 Å². The summed E-state index contributed by atoms with van der Waals surface area (Å²) < 4.78 is 0. The third-order valence-corrected chi connectivity index (χ3v) is 3.87. The van der Waals surface area contributed by atoms with E-state index in [9.17, 15) is 0 Å². The molecular formula is C8H10BrClS. The Hall–Kier alpha value is 0.470. The molecule has 0 radical (unpaired) electrons. The van der Waals surface area contributed by atoms with Crippen LogP contribution in [0.1, 0.15) is 16.9 Å². The number of thiophene rings is 1. The second kappa shape index (κ2) is 4.48. The van der Waals surface area contributed by atoms with Gasteiger partial charge in [0.15, 0.2) is 0 Å². The van der Waals surface area contributed by atoms with Gasteiger partial charge in [0.2, 0.25) is 0 Å². The predicted octanol–water partition coefficient (Wildman–Crippen LogP) is 4.04. The molecule has 0 aliphatic carbocycles. The number of hydrogen-bond acceptors (Lipinski definition) is 1. The Morgan fingerprint density at radius 1 is 1.64 bits per heavy atom. The van der Waals surface area contributed by atoms with Crippen molar-refractivity contribution in [3.05, 3.63) is 20.8 Å². The van der Waals surface area contributed by atoms with Gasteiger partial charge in [-0.15, -0.1) is 11.3 Å². The third-order valence-electron chi connectivity index (χ3n) is 1.51. The highest BCUT2D eigenvalue weighted by Crippen LogP contribution is 2.28. The number of hydrogen-bond donors (Lipinski definition) is 0. The van der Waals surface area contributed by atoms with E-state index in [1.54, 1.807) is 11.3 Å². The van der Waals surface area contributed by atoms with Crippen LogP contribution < -0.4 is 0 Å². The minimum absolute atomic E-state index is 0.968. The molecule has 0 amide bonds. The van der Waals surface area contributed by atoms with E-state index in [-0.39, 0.29) is 0 Å². The van der Waals surface area contributed by atoms with Gasteiger partial charge in [-0.05, 0) is 30.7 Å². The molecule has 0 unspecified atom stereocenters. The summed E-state index contributed by atoms with van der Waals surface area (Å²) in [6.07, 6.45) is 2.27. The molecule has 0 saturated heterocycles. The van der Waals surface area contributed by atoms with E-state index < -0.39 is 0 Å². The topological polar surface area (TPSA) is 0 Å². The zero-order chi connectivity index (χ0) is 8.27. The second-order valence-electron chi connectivity index (χ2n) is 2.45. The maximum Gasteiger partial charge on any atom is 0.0574 e. The van der Waals surface area contributed by atoms with Crippen molar-refractivity contribution in [2.45, 2.75) is 19.8 Å². The molecule has 0 fully saturated rings. The summed E-state index contributed by atoms with van der Waals surface area (Å²) in [4.78, 5) is 1.32. The lowest BCUT2D eigenvalue weighted by Crippen LogP contribution is -1.81. The van der Waals surface area contributed by atoms with Crippen LogP contribution in [0.4, 0.5) is 0 Å². The molecule has 1 aromatic rings. The predicted molar refractivity (Wildman–Crippen MR) is 56.2 cm³/mol. The van der Waals surface area contributed by atoms with Crippen molar-refractivity contribution in [1.82, 2.24) is 0 Å². The van der Waals surface area contributed by atoms with Gasteiger partial charge in [-0.3, -0.25) is 0 Å². The average Bonchev–Trinajstić information content (AvgIpc) is 2.31. The Balaban J connectivity index is 2.63. The summed E-state index contributed by atoms with van der Waals surface area (Å²) in [7, 11) is 0. The molecule has 0 aliphatic heterocycles. The average molecular weight is 254 g/mol. The molecule has 0 aliphatic rings. The van der Waals surface area contributed by atoms with E-state index in [1.807, 2.05) is 0 Å². The maximum absolute atomic E-state index is 6.04. The number of rotatable bonds is 3. The van der Waals surface area contributed by atoms with Gasteiger partial charge in [0, 0.05) is 10.2 Å². The van der Waals surface area contributed by atoms with Crippen LogP contribution in [0, 0.1) is 6.92 Å². The lowest BCUT2D eigenvalue weighted by atomic mass is 10.2. The molecule has 1 rings (SSSR count). The quantitative estimate of drug-likeness (QED) is 0.713. The van der Waals surface area contributed by atoms with E-state index in [4.69, 9.17) is 11.6 Å². The van der Waals surface area contributed by atoms with Crippen LogP contribution in [0.5, 0.6) is 0 Å². The standard InChI is InChI=1S/C8H10BrClS/c1-6-5-11-7(8(6)10)3-2-4-9/h5H,2-4H2,1H3. The minimum atomic E-state index is 0.968. The molecule has 1 heterocycles. The highest BCUT2D eigenvalue weighted by Gasteiger charge is 2.04. The molecule has 0 N–H and O–H groups in total. The number of halogens is 2. The van der Waals surface area contributed by atoms with Crippen molar-refractivity contribution in [1.29, 1.82) is 0 Å². The fraction of sp³-hybridized carbons (Fsp3) is 0.500. The van der Waals surface area contributed by atoms with Gasteiger partial charge in [-0.1, -0.05) is 27.5 Å². The Morgan fingerprint density at radius 3 is 2.82 bits per heavy atom. The van der Waals surface area contributed by atoms with Gasteiger partial charge >= 0.3 is 0 Å². The van der Waals surface area contributed by atoms with Crippen molar-refractivity contribution in [2.24, 2.45) is 0 Å². The minimum Gasteiger partial charge on any atom is -0.147 e. The molecule has 1 aromatic heterocycles. The zero-order valence-electron chi connectivity index (χ0n) is 6.36. The Labute approximate surface area is 84.7 Å². The van der Waals surface area contributed by atoms with E-state index in [1.165, 1.54) is 16.9 Å². The SMILES string of the molecule is Cc1csc(CCCBr)c1Cl. The largest absolute Gasteiger partial charge is 0.147 e. The van der Waals surface area contributed by atoms with Crippen molar-refractivity contribution >= 4 is 38.9 Å². The highest BCUT2D eigenvalue weighted by molar-refractivity contribution is 9.09. The van der Waals surface area contributed by atoms with E-state index in [0.717, 1.165) is 16.8 Å². The first-order valence-electron chi connectivity index (χ1n) is 3.54. The van der Waals surface area contributed by atoms with Gasteiger partial charge in [0.1, 0.15) is 0 Å². The Kier molecular flexibility index (Phi) is 3.90. The normalized spacial score (nSPS) is 10.5. The van der Waals surface area contributed by atoms with Crippen LogP contribution in [-0.2, 0) is 6.42 Å². The molecule has 0 atom stereocenters. The fourth-order valence-corrected chi connectivity index (χ4v) is 2.47. The van der Waals surface area contributed by atoms with Gasteiger partial charge < -0.3 is 0 Å². The van der Waals surface area contributed by atoms with Crippen LogP contribution in [-0.4, -0.2) is 5.33 Å². The summed E-state index contributed by atoms with van der Waals surface area (Å²) in [5, 5.41) is 4.14. The molecule has 0 saturated carbocycles. The van der Waals surface area contributed by atoms with Crippen LogP contribution in [0.3, 0.4) is 0 Å². The summed E-state index contributed by atoms with van der Waals surface area (Å²) in [5.74, 6) is 0. The first-order chi connectivity index (χ1) is 5.25. The monoisotopic (exact) mass is 252 g/mol. The van der Waals surface area contributed by atoms with Crippen LogP contribution in [0.25, 0.3) is 0 Å². The van der Waals surface area contributed by atoms with Crippen molar-refractivity contribution in [3.63, 3.8) is 0 Å². The number of aryl methyl sites for hydroxylation is 2. The molecule has 62 valence electrons. The van der Waals surface area contributed by atoms with Crippen LogP contribution in [0.2, 0.25) is 5.02 Å². The van der Waals surface area contributed by atoms with Gasteiger partial charge in [0.05, 0.1) is 5.02 Å². The summed E-state index contributed by atoms with van der Waals surface area (Å²) in [5.41, 5.74) is 1.21. The van der Waals surface area contributed by atoms with Gasteiger partial charge in [-0.25, -0.2) is 0 Å². The van der Waals surface area contributed by atoms with Crippen molar-refractivity contribution < 1.29 is 0 Å². The summed E-state index contributed by atoms with van der Waals surface area (Å²) >= 11 is 11.2. The van der Waals surface area contributed by atoms with E-state index in [2.05, 4.69) is 28.2 Å². The first-order valence-corrected chi connectivity index (χ1v) is 5.92. The van der Waals surface area contributed by atoms with Gasteiger partial charge in [-0.2, -0.15) is 0 Å². The molecular weight excluding hydrogens is 244 g/mol. The second-order valence-corrected chi connectivity index (χ2v) is 4.58. The lowest BCUT2D eigenvalue weighted by Gasteiger charge is -1.94. The molecule has 11 heavy (non-hydrogen) atoms. The summed E-state index contributed by atoms with van der Waals surface area (Å²) in [6, 6.07) is 0. The fourth-order valence-electron chi connectivity index (χ4n) is 0.879. The molecule has 0 aromatic carbocycles. The lowest BCUT2D eigenvalue weighted by molar-refractivity contribution is 0.958. The van der Waals surface area contributed by atoms with E-state index >= 15 is 0 Å². The third kappa shape index (κ3) is 2.46.